The number of ketones is 1. The predicted octanol–water partition coefficient (Wildman–Crippen LogP) is 3.54. The summed E-state index contributed by atoms with van der Waals surface area (Å²) in [5, 5.41) is 12.0. The van der Waals surface area contributed by atoms with E-state index in [0.29, 0.717) is 49.8 Å². The minimum atomic E-state index is -0.955. The number of nitro groups is 1. The fraction of sp³-hybridized carbons (Fsp3) is 0.321. The molecule has 39 heavy (non-hydrogen) atoms. The monoisotopic (exact) mass is 549 g/mol. The molecule has 1 atom stereocenters. The molecule has 0 bridgehead atoms. The van der Waals surface area contributed by atoms with Crippen LogP contribution in [0.5, 0.6) is 17.2 Å². The van der Waals surface area contributed by atoms with E-state index in [4.69, 9.17) is 19.2 Å². The van der Waals surface area contributed by atoms with Crippen LogP contribution in [-0.2, 0) is 4.79 Å². The Morgan fingerprint density at radius 1 is 1.08 bits per heavy atom. The van der Waals surface area contributed by atoms with Gasteiger partial charge in [-0.15, -0.1) is 0 Å². The van der Waals surface area contributed by atoms with Gasteiger partial charge >= 0.3 is 0 Å². The fourth-order valence-electron chi connectivity index (χ4n) is 5.26. The molecule has 10 nitrogen and oxygen atoms in total. The lowest BCUT2D eigenvalue weighted by Gasteiger charge is -2.35. The van der Waals surface area contributed by atoms with Gasteiger partial charge in [0.05, 0.1) is 42.0 Å². The first-order chi connectivity index (χ1) is 18.6. The Morgan fingerprint density at radius 3 is 2.36 bits per heavy atom. The molecule has 1 unspecified atom stereocenters. The topological polar surface area (TPSA) is 122 Å². The quantitative estimate of drug-likeness (QED) is 0.340. The van der Waals surface area contributed by atoms with E-state index in [2.05, 4.69) is 0 Å². The number of aromatic nitrogens is 1. The number of benzene rings is 2. The molecular weight excluding hydrogens is 522 g/mol. The average molecular weight is 550 g/mol. The number of thiazole rings is 1. The van der Waals surface area contributed by atoms with Crippen LogP contribution in [0.2, 0.25) is 0 Å². The van der Waals surface area contributed by atoms with Gasteiger partial charge in [-0.05, 0) is 41.7 Å². The van der Waals surface area contributed by atoms with Crippen LogP contribution in [0.3, 0.4) is 0 Å². The highest BCUT2D eigenvalue weighted by Gasteiger charge is 2.42. The van der Waals surface area contributed by atoms with Crippen molar-refractivity contribution in [2.75, 3.05) is 21.3 Å². The van der Waals surface area contributed by atoms with Crippen LogP contribution in [0.4, 0.5) is 5.69 Å². The molecule has 11 heteroatoms. The Kier molecular flexibility index (Phi) is 6.63. The maximum atomic E-state index is 13.9. The van der Waals surface area contributed by atoms with E-state index >= 15 is 0 Å². The first-order valence-corrected chi connectivity index (χ1v) is 13.0. The Hall–Kier alpha value is -4.25. The van der Waals surface area contributed by atoms with E-state index in [1.165, 1.54) is 32.0 Å². The zero-order chi connectivity index (χ0) is 28.1. The van der Waals surface area contributed by atoms with Crippen molar-refractivity contribution < 1.29 is 23.9 Å². The second kappa shape index (κ2) is 9.81. The largest absolute Gasteiger partial charge is 0.493 e. The van der Waals surface area contributed by atoms with E-state index in [1.807, 2.05) is 13.8 Å². The number of nitro benzene ring substituents is 1. The highest BCUT2D eigenvalue weighted by atomic mass is 32.1. The van der Waals surface area contributed by atoms with Gasteiger partial charge in [-0.2, -0.15) is 0 Å². The number of hydrogen-bond acceptors (Lipinski definition) is 9. The third-order valence-electron chi connectivity index (χ3n) is 6.91. The number of para-hydroxylation sites is 1. The molecule has 0 N–H and O–H groups in total. The normalized spacial score (nSPS) is 18.2. The molecule has 2 aliphatic rings. The summed E-state index contributed by atoms with van der Waals surface area (Å²) in [7, 11) is 4.51. The van der Waals surface area contributed by atoms with E-state index in [9.17, 15) is 19.7 Å². The Labute approximate surface area is 227 Å². The number of carbonyl (C=O) groups is 1. The maximum absolute atomic E-state index is 13.9. The minimum Gasteiger partial charge on any atom is -0.493 e. The number of methoxy groups -OCH3 is 3. The van der Waals surface area contributed by atoms with Gasteiger partial charge in [0.2, 0.25) is 5.75 Å². The van der Waals surface area contributed by atoms with Crippen LogP contribution >= 0.6 is 11.3 Å². The number of ether oxygens (including phenoxy) is 3. The van der Waals surface area contributed by atoms with Gasteiger partial charge in [0, 0.05) is 18.1 Å². The third kappa shape index (κ3) is 4.52. The molecule has 5 rings (SSSR count). The minimum absolute atomic E-state index is 0.159. The Balaban J connectivity index is 1.79. The molecule has 2 heterocycles. The van der Waals surface area contributed by atoms with Crippen LogP contribution in [-0.4, -0.2) is 36.6 Å². The number of hydrogen-bond donors (Lipinski definition) is 0. The summed E-state index contributed by atoms with van der Waals surface area (Å²) in [6, 6.07) is 8.71. The summed E-state index contributed by atoms with van der Waals surface area (Å²) in [4.78, 5) is 44.0. The second-order valence-electron chi connectivity index (χ2n) is 10.2. The molecule has 0 spiro atoms. The standard InChI is InChI=1S/C28H27N3O7S/c1-28(2)13-17-23(19(32)14-28)24(16-8-6-7-9-18(16)31(34)35)30-26(33)22(39-27(30)29-17)12-15-10-20(36-3)25(38-5)21(11-15)37-4/h6-12,24H,13-14H2,1-5H3. The van der Waals surface area contributed by atoms with Gasteiger partial charge < -0.3 is 14.2 Å². The summed E-state index contributed by atoms with van der Waals surface area (Å²) < 4.78 is 18.0. The third-order valence-corrected chi connectivity index (χ3v) is 7.89. The van der Waals surface area contributed by atoms with E-state index in [0.717, 1.165) is 11.3 Å². The molecule has 0 radical (unpaired) electrons. The van der Waals surface area contributed by atoms with Crippen LogP contribution in [0.1, 0.15) is 43.9 Å². The van der Waals surface area contributed by atoms with E-state index in [-0.39, 0.29) is 28.9 Å². The van der Waals surface area contributed by atoms with Gasteiger partial charge in [-0.1, -0.05) is 37.3 Å². The highest BCUT2D eigenvalue weighted by molar-refractivity contribution is 7.07. The van der Waals surface area contributed by atoms with Crippen LogP contribution in [0.15, 0.2) is 57.5 Å². The highest BCUT2D eigenvalue weighted by Crippen LogP contribution is 2.44. The zero-order valence-electron chi connectivity index (χ0n) is 22.1. The van der Waals surface area contributed by atoms with Crippen LogP contribution in [0.25, 0.3) is 6.08 Å². The molecule has 3 aromatic rings. The number of Topliss-reactive ketones (excluding diaryl/α,β-unsaturated/α-hetero) is 1. The summed E-state index contributed by atoms with van der Waals surface area (Å²) in [5.74, 6) is 1.12. The number of rotatable bonds is 6. The van der Waals surface area contributed by atoms with Crippen molar-refractivity contribution in [3.63, 3.8) is 0 Å². The molecule has 0 saturated carbocycles. The summed E-state index contributed by atoms with van der Waals surface area (Å²) >= 11 is 1.16. The number of nitrogens with zero attached hydrogens (tertiary/aromatic N) is 3. The maximum Gasteiger partial charge on any atom is 0.275 e. The van der Waals surface area contributed by atoms with Crippen LogP contribution < -0.4 is 29.1 Å². The van der Waals surface area contributed by atoms with E-state index < -0.39 is 16.5 Å². The molecule has 0 amide bonds. The first kappa shape index (κ1) is 26.4. The van der Waals surface area contributed by atoms with Crippen molar-refractivity contribution in [3.05, 3.63) is 88.6 Å². The molecule has 1 aliphatic carbocycles. The Morgan fingerprint density at radius 2 is 1.74 bits per heavy atom. The van der Waals surface area contributed by atoms with Crippen molar-refractivity contribution in [2.45, 2.75) is 32.7 Å². The first-order valence-electron chi connectivity index (χ1n) is 12.2. The lowest BCUT2D eigenvalue weighted by molar-refractivity contribution is -0.385. The molecule has 1 aliphatic heterocycles. The molecule has 2 aromatic carbocycles. The smallest absolute Gasteiger partial charge is 0.275 e. The predicted molar refractivity (Wildman–Crippen MR) is 145 cm³/mol. The number of allylic oxidation sites excluding steroid dienone is 2. The van der Waals surface area contributed by atoms with Gasteiger partial charge in [0.25, 0.3) is 11.2 Å². The van der Waals surface area contributed by atoms with Gasteiger partial charge in [0.15, 0.2) is 22.1 Å². The summed E-state index contributed by atoms with van der Waals surface area (Å²) in [6.07, 6.45) is 2.46. The lowest BCUT2D eigenvalue weighted by atomic mass is 9.73. The molecular formula is C28H27N3O7S. The van der Waals surface area contributed by atoms with Crippen molar-refractivity contribution >= 4 is 28.9 Å². The second-order valence-corrected chi connectivity index (χ2v) is 11.2. The van der Waals surface area contributed by atoms with Gasteiger partial charge in [0.1, 0.15) is 6.04 Å². The van der Waals surface area contributed by atoms with Crippen molar-refractivity contribution in [3.8, 4) is 17.2 Å². The van der Waals surface area contributed by atoms with Crippen molar-refractivity contribution in [2.24, 2.45) is 10.4 Å². The summed E-state index contributed by atoms with van der Waals surface area (Å²) in [5.41, 5.74) is 0.928. The molecule has 202 valence electrons. The fourth-order valence-corrected chi connectivity index (χ4v) is 6.28. The Bertz CT molecular complexity index is 1710. The van der Waals surface area contributed by atoms with Gasteiger partial charge in [-0.25, -0.2) is 4.99 Å². The van der Waals surface area contributed by atoms with E-state index in [1.54, 1.807) is 36.4 Å². The SMILES string of the molecule is COc1cc(C=c2sc3n(c2=O)C(c2ccccc2[N+](=O)[O-])C2=C(CC(C)(C)CC2=O)N=3)cc(OC)c1OC. The molecule has 0 fully saturated rings. The van der Waals surface area contributed by atoms with Crippen molar-refractivity contribution in [1.29, 1.82) is 0 Å². The number of carbonyl (C=O) groups excluding carboxylic acids is 1. The van der Waals surface area contributed by atoms with Gasteiger partial charge in [-0.3, -0.25) is 24.3 Å². The van der Waals surface area contributed by atoms with Crippen molar-refractivity contribution in [1.82, 2.24) is 4.57 Å². The lowest BCUT2D eigenvalue weighted by Crippen LogP contribution is -2.42. The van der Waals surface area contributed by atoms with Crippen LogP contribution in [0, 0.1) is 15.5 Å². The molecule has 1 aromatic heterocycles. The number of fused-ring (bicyclic) bond motifs is 1. The average Bonchev–Trinajstić information content (AvgIpc) is 3.20. The zero-order valence-corrected chi connectivity index (χ0v) is 23.0. The summed E-state index contributed by atoms with van der Waals surface area (Å²) in [6.45, 7) is 3.98. The molecule has 0 saturated heterocycles.